The monoisotopic (exact) mass is 343 g/mol. The second-order valence-electron chi connectivity index (χ2n) is 5.67. The van der Waals surface area contributed by atoms with Crippen molar-refractivity contribution in [2.24, 2.45) is 0 Å². The van der Waals surface area contributed by atoms with Gasteiger partial charge in [-0.25, -0.2) is 4.68 Å². The Morgan fingerprint density at radius 1 is 1.30 bits per heavy atom. The van der Waals surface area contributed by atoms with Gasteiger partial charge in [0.25, 0.3) is 5.91 Å². The Bertz CT molecular complexity index is 793. The normalized spacial score (nSPS) is 13.7. The summed E-state index contributed by atoms with van der Waals surface area (Å²) in [6.45, 7) is 0.682. The molecule has 0 saturated heterocycles. The minimum Gasteiger partial charge on any atom is -0.306 e. The highest BCUT2D eigenvalue weighted by atomic mass is 32.1. The molecule has 0 fully saturated rings. The molecule has 3 aromatic heterocycles. The Hall–Kier alpha value is -1.92. The van der Waals surface area contributed by atoms with Crippen LogP contribution in [0.3, 0.4) is 0 Å². The molecule has 0 unspecified atom stereocenters. The van der Waals surface area contributed by atoms with Gasteiger partial charge in [0.2, 0.25) is 0 Å². The average Bonchev–Trinajstić information content (AvgIpc) is 3.28. The van der Waals surface area contributed by atoms with E-state index in [2.05, 4.69) is 22.5 Å². The summed E-state index contributed by atoms with van der Waals surface area (Å²) in [6, 6.07) is 8.01. The molecule has 0 radical (unpaired) electrons. The van der Waals surface area contributed by atoms with Crippen LogP contribution in [0.15, 0.2) is 35.8 Å². The lowest BCUT2D eigenvalue weighted by Gasteiger charge is -2.08. The second-order valence-corrected chi connectivity index (χ2v) is 7.84. The third kappa shape index (κ3) is 3.09. The van der Waals surface area contributed by atoms with Gasteiger partial charge in [0, 0.05) is 15.8 Å². The molecule has 1 N–H and O–H groups in total. The maximum absolute atomic E-state index is 12.5. The molecule has 0 spiro atoms. The minimum atomic E-state index is -0.0303. The maximum atomic E-state index is 12.5. The van der Waals surface area contributed by atoms with Gasteiger partial charge in [0.15, 0.2) is 0 Å². The molecule has 4 nitrogen and oxygen atoms in total. The molecule has 1 aliphatic carbocycles. The fourth-order valence-electron chi connectivity index (χ4n) is 2.90. The average molecular weight is 343 g/mol. The highest BCUT2D eigenvalue weighted by Gasteiger charge is 2.18. The fraction of sp³-hybridized carbons (Fsp3) is 0.294. The van der Waals surface area contributed by atoms with Crippen LogP contribution >= 0.6 is 22.7 Å². The predicted octanol–water partition coefficient (Wildman–Crippen LogP) is 4.19. The van der Waals surface area contributed by atoms with Crippen molar-refractivity contribution in [2.75, 3.05) is 5.32 Å². The van der Waals surface area contributed by atoms with Crippen molar-refractivity contribution in [1.29, 1.82) is 0 Å². The number of carbonyl (C=O) groups excluding carboxylic acids is 1. The number of carbonyl (C=O) groups is 1. The van der Waals surface area contributed by atoms with Gasteiger partial charge in [-0.05, 0) is 48.8 Å². The van der Waals surface area contributed by atoms with E-state index in [0.29, 0.717) is 6.54 Å². The Balaban J connectivity index is 1.51. The lowest BCUT2D eigenvalue weighted by Crippen LogP contribution is -2.15. The van der Waals surface area contributed by atoms with E-state index in [0.717, 1.165) is 23.5 Å². The van der Waals surface area contributed by atoms with E-state index < -0.39 is 0 Å². The first-order chi connectivity index (χ1) is 11.3. The summed E-state index contributed by atoms with van der Waals surface area (Å²) >= 11 is 3.33. The zero-order valence-electron chi connectivity index (χ0n) is 12.6. The lowest BCUT2D eigenvalue weighted by molar-refractivity contribution is 0.102. The van der Waals surface area contributed by atoms with Gasteiger partial charge in [0.05, 0.1) is 17.6 Å². The van der Waals surface area contributed by atoms with Gasteiger partial charge >= 0.3 is 0 Å². The molecular weight excluding hydrogens is 326 g/mol. The van der Waals surface area contributed by atoms with Crippen LogP contribution in [0.1, 0.15) is 37.8 Å². The Morgan fingerprint density at radius 2 is 2.22 bits per heavy atom. The van der Waals surface area contributed by atoms with E-state index in [4.69, 9.17) is 0 Å². The first-order valence-electron chi connectivity index (χ1n) is 7.77. The van der Waals surface area contributed by atoms with Crippen LogP contribution in [0.4, 0.5) is 5.82 Å². The molecule has 118 valence electrons. The molecule has 0 saturated carbocycles. The number of nitrogens with zero attached hydrogens (tertiary/aromatic N) is 2. The van der Waals surface area contributed by atoms with Crippen LogP contribution in [-0.2, 0) is 19.4 Å². The number of rotatable bonds is 4. The number of hydrogen-bond acceptors (Lipinski definition) is 4. The Labute approximate surface area is 142 Å². The van der Waals surface area contributed by atoms with Gasteiger partial charge in [-0.1, -0.05) is 6.07 Å². The summed E-state index contributed by atoms with van der Waals surface area (Å²) in [4.78, 5) is 16.0. The molecule has 0 bridgehead atoms. The molecule has 3 aromatic rings. The maximum Gasteiger partial charge on any atom is 0.266 e. The molecular formula is C17H17N3OS2. The third-order valence-corrected chi connectivity index (χ3v) is 6.16. The summed E-state index contributed by atoms with van der Waals surface area (Å²) in [6.07, 6.45) is 6.42. The Morgan fingerprint density at radius 3 is 3.04 bits per heavy atom. The van der Waals surface area contributed by atoms with Crippen LogP contribution in [-0.4, -0.2) is 15.7 Å². The van der Waals surface area contributed by atoms with Crippen molar-refractivity contribution in [3.8, 4) is 0 Å². The largest absolute Gasteiger partial charge is 0.306 e. The molecule has 6 heteroatoms. The van der Waals surface area contributed by atoms with Crippen molar-refractivity contribution >= 4 is 34.4 Å². The smallest absolute Gasteiger partial charge is 0.266 e. The molecule has 0 aromatic carbocycles. The SMILES string of the molecule is O=C(Nc1ccnn1Cc1cccs1)c1cc2c(s1)CCCC2. The van der Waals surface area contributed by atoms with Gasteiger partial charge in [-0.3, -0.25) is 4.79 Å². The van der Waals surface area contributed by atoms with E-state index in [1.165, 1.54) is 28.2 Å². The molecule has 3 heterocycles. The molecule has 0 atom stereocenters. The summed E-state index contributed by atoms with van der Waals surface area (Å²) in [7, 11) is 0. The summed E-state index contributed by atoms with van der Waals surface area (Å²) in [5.41, 5.74) is 1.36. The first kappa shape index (κ1) is 14.7. The highest BCUT2D eigenvalue weighted by Crippen LogP contribution is 2.30. The number of aryl methyl sites for hydroxylation is 2. The Kier molecular flexibility index (Phi) is 4.01. The van der Waals surface area contributed by atoms with Crippen LogP contribution in [0, 0.1) is 0 Å². The summed E-state index contributed by atoms with van der Waals surface area (Å²) in [5.74, 6) is 0.715. The van der Waals surface area contributed by atoms with Crippen LogP contribution in [0.5, 0.6) is 0 Å². The number of fused-ring (bicyclic) bond motifs is 1. The van der Waals surface area contributed by atoms with Crippen molar-refractivity contribution in [3.63, 3.8) is 0 Å². The van der Waals surface area contributed by atoms with E-state index in [9.17, 15) is 4.79 Å². The fourth-order valence-corrected chi connectivity index (χ4v) is 4.73. The van der Waals surface area contributed by atoms with E-state index in [1.807, 2.05) is 22.2 Å². The van der Waals surface area contributed by atoms with Crippen molar-refractivity contribution in [1.82, 2.24) is 9.78 Å². The highest BCUT2D eigenvalue weighted by molar-refractivity contribution is 7.14. The van der Waals surface area contributed by atoms with Gasteiger partial charge in [0.1, 0.15) is 5.82 Å². The van der Waals surface area contributed by atoms with Crippen LogP contribution < -0.4 is 5.32 Å². The number of thiophene rings is 2. The van der Waals surface area contributed by atoms with Gasteiger partial charge in [-0.2, -0.15) is 5.10 Å². The van der Waals surface area contributed by atoms with Crippen molar-refractivity contribution < 1.29 is 4.79 Å². The zero-order valence-corrected chi connectivity index (χ0v) is 14.3. The van der Waals surface area contributed by atoms with Gasteiger partial charge < -0.3 is 5.32 Å². The second kappa shape index (κ2) is 6.29. The van der Waals surface area contributed by atoms with E-state index in [-0.39, 0.29) is 5.91 Å². The summed E-state index contributed by atoms with van der Waals surface area (Å²) < 4.78 is 1.83. The minimum absolute atomic E-state index is 0.0303. The third-order valence-electron chi connectivity index (χ3n) is 4.06. The first-order valence-corrected chi connectivity index (χ1v) is 9.46. The number of anilines is 1. The van der Waals surface area contributed by atoms with Crippen LogP contribution in [0.25, 0.3) is 0 Å². The molecule has 4 rings (SSSR count). The van der Waals surface area contributed by atoms with Crippen molar-refractivity contribution in [3.05, 3.63) is 56.0 Å². The summed E-state index contributed by atoms with van der Waals surface area (Å²) in [5, 5.41) is 9.37. The van der Waals surface area contributed by atoms with Crippen molar-refractivity contribution in [2.45, 2.75) is 32.2 Å². The molecule has 0 aliphatic heterocycles. The number of hydrogen-bond donors (Lipinski definition) is 1. The molecule has 1 amide bonds. The van der Waals surface area contributed by atoms with E-state index in [1.54, 1.807) is 28.9 Å². The van der Waals surface area contributed by atoms with E-state index >= 15 is 0 Å². The topological polar surface area (TPSA) is 46.9 Å². The molecule has 23 heavy (non-hydrogen) atoms. The van der Waals surface area contributed by atoms with Crippen LogP contribution in [0.2, 0.25) is 0 Å². The number of amides is 1. The molecule has 1 aliphatic rings. The number of aromatic nitrogens is 2. The lowest BCUT2D eigenvalue weighted by atomic mass is 9.99. The van der Waals surface area contributed by atoms with Gasteiger partial charge in [-0.15, -0.1) is 22.7 Å². The predicted molar refractivity (Wildman–Crippen MR) is 94.6 cm³/mol. The quantitative estimate of drug-likeness (QED) is 0.772. The number of nitrogens with one attached hydrogen (secondary N) is 1. The standard InChI is InChI=1S/C17H17N3OS2/c21-17(15-10-12-4-1-2-6-14(12)23-15)19-16-7-8-18-20(16)11-13-5-3-9-22-13/h3,5,7-10H,1-2,4,6,11H2,(H,19,21). The zero-order chi connectivity index (χ0) is 15.6.